The second-order valence-corrected chi connectivity index (χ2v) is 11.2. The molecule has 0 saturated carbocycles. The Labute approximate surface area is 196 Å². The maximum Gasteiger partial charge on any atom is 0.407 e. The van der Waals surface area contributed by atoms with Crippen LogP contribution < -0.4 is 10.5 Å². The predicted octanol–water partition coefficient (Wildman–Crippen LogP) is 3.47. The summed E-state index contributed by atoms with van der Waals surface area (Å²) < 4.78 is 24.2. The average molecular weight is 526 g/mol. The molecule has 174 valence electrons. The Kier molecular flexibility index (Phi) is 7.41. The lowest BCUT2D eigenvalue weighted by Gasteiger charge is -2.28. The van der Waals surface area contributed by atoms with Crippen LogP contribution in [-0.4, -0.2) is 52.6 Å². The molecule has 2 atom stereocenters. The maximum atomic E-state index is 11.7. The largest absolute Gasteiger partial charge is 0.465 e. The van der Waals surface area contributed by atoms with Gasteiger partial charge in [0.25, 0.3) is 10.0 Å². The summed E-state index contributed by atoms with van der Waals surface area (Å²) in [6.45, 7) is 4.40. The molecule has 0 bridgehead atoms. The van der Waals surface area contributed by atoms with Gasteiger partial charge >= 0.3 is 6.09 Å². The minimum atomic E-state index is -3.91. The summed E-state index contributed by atoms with van der Waals surface area (Å²) in [7, 11) is -3.91. The smallest absolute Gasteiger partial charge is 0.407 e. The van der Waals surface area contributed by atoms with Gasteiger partial charge in [0.1, 0.15) is 5.82 Å². The molecular weight excluding hydrogens is 498 g/mol. The van der Waals surface area contributed by atoms with Crippen molar-refractivity contribution in [2.24, 2.45) is 11.1 Å². The summed E-state index contributed by atoms with van der Waals surface area (Å²) in [5.74, 6) is 0.657. The fourth-order valence-corrected chi connectivity index (χ4v) is 4.95. The van der Waals surface area contributed by atoms with Crippen LogP contribution >= 0.6 is 15.9 Å². The number of sulfonamides is 1. The van der Waals surface area contributed by atoms with E-state index in [9.17, 15) is 18.3 Å². The number of anilines is 1. The van der Waals surface area contributed by atoms with Crippen LogP contribution in [0.5, 0.6) is 0 Å². The molecule has 3 heterocycles. The summed E-state index contributed by atoms with van der Waals surface area (Å²) in [6, 6.07) is 8.41. The molecule has 1 aliphatic heterocycles. The number of likely N-dealkylation sites (tertiary alicyclic amines) is 1. The van der Waals surface area contributed by atoms with E-state index >= 15 is 0 Å². The Morgan fingerprint density at radius 1 is 1.38 bits per heavy atom. The van der Waals surface area contributed by atoms with E-state index in [1.807, 2.05) is 26.0 Å². The predicted molar refractivity (Wildman–Crippen MR) is 125 cm³/mol. The minimum absolute atomic E-state index is 0.0751. The molecule has 32 heavy (non-hydrogen) atoms. The number of hydrogen-bond donors (Lipinski definition) is 3. The zero-order chi connectivity index (χ0) is 23.5. The summed E-state index contributed by atoms with van der Waals surface area (Å²) in [4.78, 5) is 21.7. The normalized spacial score (nSPS) is 19.0. The van der Waals surface area contributed by atoms with Gasteiger partial charge in [-0.25, -0.2) is 23.3 Å². The fourth-order valence-electron chi connectivity index (χ4n) is 4.22. The van der Waals surface area contributed by atoms with Crippen molar-refractivity contribution in [1.29, 1.82) is 0 Å². The molecule has 0 aromatic carbocycles. The van der Waals surface area contributed by atoms with Crippen LogP contribution in [0, 0.1) is 5.92 Å². The van der Waals surface area contributed by atoms with Gasteiger partial charge in [-0.2, -0.15) is 0 Å². The van der Waals surface area contributed by atoms with Crippen LogP contribution in [0.25, 0.3) is 0 Å². The van der Waals surface area contributed by atoms with Crippen molar-refractivity contribution < 1.29 is 18.3 Å². The van der Waals surface area contributed by atoms with Gasteiger partial charge in [0.15, 0.2) is 5.03 Å². The second-order valence-electron chi connectivity index (χ2n) is 8.77. The maximum absolute atomic E-state index is 11.7. The molecule has 0 aliphatic carbocycles. The summed E-state index contributed by atoms with van der Waals surface area (Å²) in [5, 5.41) is 17.8. The molecule has 1 saturated heterocycles. The van der Waals surface area contributed by atoms with Crippen molar-refractivity contribution in [3.05, 3.63) is 46.7 Å². The molecule has 1 fully saturated rings. The van der Waals surface area contributed by atoms with Crippen molar-refractivity contribution in [2.75, 3.05) is 11.9 Å². The first-order valence-electron chi connectivity index (χ1n) is 10.3. The highest BCUT2D eigenvalue weighted by molar-refractivity contribution is 9.10. The van der Waals surface area contributed by atoms with E-state index in [1.165, 1.54) is 11.0 Å². The van der Waals surface area contributed by atoms with Crippen LogP contribution in [0.4, 0.5) is 10.6 Å². The number of aromatic nitrogens is 2. The van der Waals surface area contributed by atoms with E-state index in [0.29, 0.717) is 18.8 Å². The number of halogens is 1. The molecule has 1 unspecified atom stereocenters. The van der Waals surface area contributed by atoms with Gasteiger partial charge in [-0.05, 0) is 79.2 Å². The van der Waals surface area contributed by atoms with Crippen LogP contribution in [0.15, 0.2) is 46.0 Å². The highest BCUT2D eigenvalue weighted by atomic mass is 79.9. The Morgan fingerprint density at radius 2 is 2.12 bits per heavy atom. The van der Waals surface area contributed by atoms with Gasteiger partial charge in [-0.1, -0.05) is 6.07 Å². The Bertz CT molecular complexity index is 1060. The monoisotopic (exact) mass is 525 g/mol. The number of pyridine rings is 2. The van der Waals surface area contributed by atoms with Crippen LogP contribution in [0.1, 0.15) is 38.8 Å². The third kappa shape index (κ3) is 6.39. The SMILES string of the molecule is CC1(C)C[C@H](CCC(Cc2ccc(Br)cn2)Nc2cccc(S(N)(=O)=O)n2)CN1C(=O)O. The van der Waals surface area contributed by atoms with Gasteiger partial charge in [0, 0.05) is 40.9 Å². The topological polar surface area (TPSA) is 139 Å². The lowest BCUT2D eigenvalue weighted by atomic mass is 9.91. The van der Waals surface area contributed by atoms with E-state index in [-0.39, 0.29) is 17.0 Å². The Morgan fingerprint density at radius 3 is 2.72 bits per heavy atom. The first kappa shape index (κ1) is 24.4. The summed E-state index contributed by atoms with van der Waals surface area (Å²) >= 11 is 3.39. The highest BCUT2D eigenvalue weighted by Gasteiger charge is 2.41. The Balaban J connectivity index is 1.74. The Hall–Kier alpha value is -2.24. The molecule has 2 aromatic heterocycles. The van der Waals surface area contributed by atoms with E-state index < -0.39 is 21.7 Å². The molecule has 1 aliphatic rings. The molecule has 11 heteroatoms. The minimum Gasteiger partial charge on any atom is -0.465 e. The third-order valence-electron chi connectivity index (χ3n) is 5.73. The van der Waals surface area contributed by atoms with Gasteiger partial charge in [-0.15, -0.1) is 0 Å². The lowest BCUT2D eigenvalue weighted by molar-refractivity contribution is 0.117. The second kappa shape index (κ2) is 9.72. The quantitative estimate of drug-likeness (QED) is 0.479. The van der Waals surface area contributed by atoms with Crippen LogP contribution in [0.3, 0.4) is 0 Å². The standard InChI is InChI=1S/C21H28BrN5O4S/c1-21(2)11-14(13-27(21)20(28)29)6-8-17(10-16-9-7-15(22)12-24-16)25-18-4-3-5-19(26-18)32(23,30)31/h3-5,7,9,12,14,17H,6,8,10-11,13H2,1-2H3,(H,25,26)(H,28,29)(H2,23,30,31)/t14-,17?/m0/s1. The zero-order valence-corrected chi connectivity index (χ0v) is 20.4. The molecule has 2 aromatic rings. The first-order valence-corrected chi connectivity index (χ1v) is 12.7. The summed E-state index contributed by atoms with van der Waals surface area (Å²) in [6.07, 6.45) is 3.80. The van der Waals surface area contributed by atoms with E-state index in [0.717, 1.165) is 29.4 Å². The molecule has 3 rings (SSSR count). The number of primary sulfonamides is 1. The highest BCUT2D eigenvalue weighted by Crippen LogP contribution is 2.35. The van der Waals surface area contributed by atoms with Gasteiger partial charge < -0.3 is 15.3 Å². The van der Waals surface area contributed by atoms with Crippen molar-refractivity contribution in [1.82, 2.24) is 14.9 Å². The number of amides is 1. The first-order chi connectivity index (χ1) is 14.9. The number of carbonyl (C=O) groups is 1. The molecule has 0 radical (unpaired) electrons. The third-order valence-corrected chi connectivity index (χ3v) is 7.00. The molecule has 4 N–H and O–H groups in total. The van der Waals surface area contributed by atoms with Crippen molar-refractivity contribution in [3.63, 3.8) is 0 Å². The van der Waals surface area contributed by atoms with E-state index in [1.54, 1.807) is 18.3 Å². The number of nitrogens with zero attached hydrogens (tertiary/aromatic N) is 3. The zero-order valence-electron chi connectivity index (χ0n) is 18.0. The van der Waals surface area contributed by atoms with Crippen molar-refractivity contribution >= 4 is 37.9 Å². The van der Waals surface area contributed by atoms with Gasteiger partial charge in [0.05, 0.1) is 0 Å². The molecular formula is C21H28BrN5O4S. The number of rotatable bonds is 8. The number of carboxylic acid groups (broad SMARTS) is 1. The van der Waals surface area contributed by atoms with E-state index in [2.05, 4.69) is 31.2 Å². The number of nitrogens with one attached hydrogen (secondary N) is 1. The summed E-state index contributed by atoms with van der Waals surface area (Å²) in [5.41, 5.74) is 0.491. The molecule has 1 amide bonds. The van der Waals surface area contributed by atoms with E-state index in [4.69, 9.17) is 5.14 Å². The van der Waals surface area contributed by atoms with Crippen LogP contribution in [-0.2, 0) is 16.4 Å². The fraction of sp³-hybridized carbons (Fsp3) is 0.476. The lowest BCUT2D eigenvalue weighted by Crippen LogP contribution is -2.41. The molecule has 0 spiro atoms. The average Bonchev–Trinajstić information content (AvgIpc) is 3.02. The molecule has 9 nitrogen and oxygen atoms in total. The van der Waals surface area contributed by atoms with Gasteiger partial charge in [0.2, 0.25) is 0 Å². The number of nitrogens with two attached hydrogens (primary N) is 1. The van der Waals surface area contributed by atoms with Crippen molar-refractivity contribution in [2.45, 2.75) is 56.1 Å². The van der Waals surface area contributed by atoms with Gasteiger partial charge in [-0.3, -0.25) is 4.98 Å². The van der Waals surface area contributed by atoms with Crippen LogP contribution in [0.2, 0.25) is 0 Å². The number of hydrogen-bond acceptors (Lipinski definition) is 6. The van der Waals surface area contributed by atoms with Crippen molar-refractivity contribution in [3.8, 4) is 0 Å².